The molecule has 0 bridgehead atoms. The maximum Gasteiger partial charge on any atom is 0.338 e. The first kappa shape index (κ1) is 24.4. The fourth-order valence-corrected chi connectivity index (χ4v) is 3.29. The molecule has 0 spiro atoms. The second-order valence-electron chi connectivity index (χ2n) is 7.55. The van der Waals surface area contributed by atoms with Crippen molar-refractivity contribution in [2.45, 2.75) is 19.8 Å². The maximum absolute atomic E-state index is 12.4. The maximum atomic E-state index is 12.4. The highest BCUT2D eigenvalue weighted by molar-refractivity contribution is 6.00. The largest absolute Gasteiger partial charge is 0.462 e. The Labute approximate surface area is 194 Å². The number of benzene rings is 2. The average Bonchev–Trinajstić information content (AvgIpc) is 3.23. The van der Waals surface area contributed by atoms with Gasteiger partial charge in [-0.1, -0.05) is 6.92 Å². The van der Waals surface area contributed by atoms with Crippen LogP contribution in [0.4, 0.5) is 17.1 Å². The Balaban J connectivity index is 1.48. The van der Waals surface area contributed by atoms with Crippen molar-refractivity contribution in [3.8, 4) is 0 Å². The first-order valence-corrected chi connectivity index (χ1v) is 10.6. The number of anilines is 2. The topological polar surface area (TPSA) is 145 Å². The third kappa shape index (κ3) is 6.15. The molecule has 11 nitrogen and oxygen atoms in total. The van der Waals surface area contributed by atoms with Crippen LogP contribution in [0.15, 0.2) is 48.5 Å². The summed E-state index contributed by atoms with van der Waals surface area (Å²) in [6.45, 7) is 1.72. The van der Waals surface area contributed by atoms with E-state index >= 15 is 0 Å². The fraction of sp³-hybridized carbons (Fsp3) is 0.304. The minimum absolute atomic E-state index is 0.0483. The highest BCUT2D eigenvalue weighted by atomic mass is 16.6. The molecule has 0 aliphatic carbocycles. The molecule has 0 saturated carbocycles. The SMILES string of the molecule is CCCOC(=O)c1ccc(NC(=O)COC(=O)[C@H]2CC(=O)N(c3ccc([N+](=O)[O-])cc3)C2)cc1. The minimum atomic E-state index is -0.760. The summed E-state index contributed by atoms with van der Waals surface area (Å²) in [6.07, 6.45) is 0.621. The zero-order valence-corrected chi connectivity index (χ0v) is 18.4. The lowest BCUT2D eigenvalue weighted by atomic mass is 10.1. The second kappa shape index (κ2) is 11.0. The van der Waals surface area contributed by atoms with Crippen molar-refractivity contribution in [3.63, 3.8) is 0 Å². The average molecular weight is 469 g/mol. The minimum Gasteiger partial charge on any atom is -0.462 e. The number of rotatable bonds is 9. The molecule has 0 aromatic heterocycles. The number of nitrogens with zero attached hydrogens (tertiary/aromatic N) is 2. The Morgan fingerprint density at radius 3 is 2.38 bits per heavy atom. The van der Waals surface area contributed by atoms with Crippen LogP contribution in [0.25, 0.3) is 0 Å². The third-order valence-corrected chi connectivity index (χ3v) is 5.02. The van der Waals surface area contributed by atoms with Crippen LogP contribution in [0.3, 0.4) is 0 Å². The van der Waals surface area contributed by atoms with Gasteiger partial charge in [0.2, 0.25) is 5.91 Å². The van der Waals surface area contributed by atoms with Gasteiger partial charge in [0.15, 0.2) is 6.61 Å². The monoisotopic (exact) mass is 469 g/mol. The number of nitro groups is 1. The molecular formula is C23H23N3O8. The first-order valence-electron chi connectivity index (χ1n) is 10.6. The third-order valence-electron chi connectivity index (χ3n) is 5.02. The molecule has 178 valence electrons. The van der Waals surface area contributed by atoms with Crippen LogP contribution in [0.5, 0.6) is 0 Å². The van der Waals surface area contributed by atoms with Crippen molar-refractivity contribution in [3.05, 3.63) is 64.2 Å². The van der Waals surface area contributed by atoms with Crippen LogP contribution in [-0.4, -0.2) is 48.4 Å². The van der Waals surface area contributed by atoms with Gasteiger partial charge in [0, 0.05) is 36.5 Å². The van der Waals surface area contributed by atoms with E-state index in [-0.39, 0.29) is 24.6 Å². The first-order chi connectivity index (χ1) is 16.3. The molecule has 1 N–H and O–H groups in total. The summed E-state index contributed by atoms with van der Waals surface area (Å²) in [5.41, 5.74) is 1.09. The van der Waals surface area contributed by atoms with Gasteiger partial charge in [0.1, 0.15) is 0 Å². The molecule has 2 aromatic rings. The van der Waals surface area contributed by atoms with Crippen LogP contribution < -0.4 is 10.2 Å². The summed E-state index contributed by atoms with van der Waals surface area (Å²) in [4.78, 5) is 60.1. The molecular weight excluding hydrogens is 446 g/mol. The summed E-state index contributed by atoms with van der Waals surface area (Å²) in [5.74, 6) is -2.81. The van der Waals surface area contributed by atoms with Crippen LogP contribution >= 0.6 is 0 Å². The Morgan fingerprint density at radius 2 is 1.76 bits per heavy atom. The van der Waals surface area contributed by atoms with Gasteiger partial charge in [0.05, 0.1) is 23.0 Å². The number of nitrogens with one attached hydrogen (secondary N) is 1. The number of non-ortho nitro benzene ring substituents is 1. The van der Waals surface area contributed by atoms with E-state index in [1.807, 2.05) is 6.92 Å². The Hall–Kier alpha value is -4.28. The van der Waals surface area contributed by atoms with E-state index in [0.717, 1.165) is 0 Å². The molecule has 1 saturated heterocycles. The van der Waals surface area contributed by atoms with Crippen LogP contribution in [-0.2, 0) is 23.9 Å². The normalized spacial score (nSPS) is 15.0. The highest BCUT2D eigenvalue weighted by Gasteiger charge is 2.36. The smallest absolute Gasteiger partial charge is 0.338 e. The van der Waals surface area contributed by atoms with E-state index in [1.165, 1.54) is 53.4 Å². The van der Waals surface area contributed by atoms with E-state index in [4.69, 9.17) is 9.47 Å². The van der Waals surface area contributed by atoms with Crippen LogP contribution in [0.2, 0.25) is 0 Å². The van der Waals surface area contributed by atoms with Crippen molar-refractivity contribution in [2.75, 3.05) is 30.0 Å². The van der Waals surface area contributed by atoms with E-state index in [9.17, 15) is 29.3 Å². The standard InChI is InChI=1S/C23H23N3O8/c1-2-11-33-22(29)15-3-5-17(6-4-15)24-20(27)14-34-23(30)16-12-21(28)25(13-16)18-7-9-19(10-8-18)26(31)32/h3-10,16H,2,11-14H2,1H3,(H,24,27)/t16-/m0/s1. The van der Waals surface area contributed by atoms with Crippen molar-refractivity contribution < 1.29 is 33.6 Å². The van der Waals surface area contributed by atoms with Gasteiger partial charge >= 0.3 is 11.9 Å². The van der Waals surface area contributed by atoms with Crippen molar-refractivity contribution in [1.29, 1.82) is 0 Å². The number of carbonyl (C=O) groups excluding carboxylic acids is 4. The summed E-state index contributed by atoms with van der Waals surface area (Å²) in [5, 5.41) is 13.3. The summed E-state index contributed by atoms with van der Waals surface area (Å²) >= 11 is 0. The van der Waals surface area contributed by atoms with E-state index in [1.54, 1.807) is 0 Å². The van der Waals surface area contributed by atoms with Crippen LogP contribution in [0.1, 0.15) is 30.1 Å². The molecule has 1 heterocycles. The molecule has 2 aromatic carbocycles. The molecule has 0 unspecified atom stereocenters. The molecule has 1 aliphatic heterocycles. The highest BCUT2D eigenvalue weighted by Crippen LogP contribution is 2.27. The van der Waals surface area contributed by atoms with Crippen molar-refractivity contribution in [1.82, 2.24) is 0 Å². The number of esters is 2. The van der Waals surface area contributed by atoms with Gasteiger partial charge in [-0.2, -0.15) is 0 Å². The van der Waals surface area contributed by atoms with Crippen molar-refractivity contribution >= 4 is 40.8 Å². The molecule has 11 heteroatoms. The zero-order chi connectivity index (χ0) is 24.7. The molecule has 2 amide bonds. The number of amides is 2. The van der Waals surface area contributed by atoms with Gasteiger partial charge < -0.3 is 19.7 Å². The van der Waals surface area contributed by atoms with E-state index in [0.29, 0.717) is 30.0 Å². The van der Waals surface area contributed by atoms with Gasteiger partial charge in [-0.05, 0) is 42.8 Å². The fourth-order valence-electron chi connectivity index (χ4n) is 3.29. The van der Waals surface area contributed by atoms with E-state index in [2.05, 4.69) is 5.32 Å². The lowest BCUT2D eigenvalue weighted by molar-refractivity contribution is -0.384. The second-order valence-corrected chi connectivity index (χ2v) is 7.55. The van der Waals surface area contributed by atoms with Gasteiger partial charge in [-0.3, -0.25) is 24.5 Å². The number of hydrogen-bond acceptors (Lipinski definition) is 8. The number of carbonyl (C=O) groups is 4. The summed E-state index contributed by atoms with van der Waals surface area (Å²) in [7, 11) is 0. The molecule has 1 aliphatic rings. The summed E-state index contributed by atoms with van der Waals surface area (Å²) < 4.78 is 10.1. The van der Waals surface area contributed by atoms with Gasteiger partial charge in [-0.25, -0.2) is 4.79 Å². The van der Waals surface area contributed by atoms with Crippen molar-refractivity contribution in [2.24, 2.45) is 5.92 Å². The van der Waals surface area contributed by atoms with Gasteiger partial charge in [-0.15, -0.1) is 0 Å². The predicted molar refractivity (Wildman–Crippen MR) is 120 cm³/mol. The van der Waals surface area contributed by atoms with Gasteiger partial charge in [0.25, 0.3) is 11.6 Å². The predicted octanol–water partition coefficient (Wildman–Crippen LogP) is 2.70. The quantitative estimate of drug-likeness (QED) is 0.335. The molecule has 1 fully saturated rings. The number of ether oxygens (including phenoxy) is 2. The number of nitro benzene ring substituents is 1. The molecule has 34 heavy (non-hydrogen) atoms. The lowest BCUT2D eigenvalue weighted by Crippen LogP contribution is -2.28. The molecule has 0 radical (unpaired) electrons. The zero-order valence-electron chi connectivity index (χ0n) is 18.4. The Bertz CT molecular complexity index is 1080. The van der Waals surface area contributed by atoms with Crippen LogP contribution in [0, 0.1) is 16.0 Å². The molecule has 1 atom stereocenters. The lowest BCUT2D eigenvalue weighted by Gasteiger charge is -2.16. The Kier molecular flexibility index (Phi) is 7.91. The molecule has 3 rings (SSSR count). The Morgan fingerprint density at radius 1 is 1.09 bits per heavy atom. The summed E-state index contributed by atoms with van der Waals surface area (Å²) in [6, 6.07) is 11.5. The van der Waals surface area contributed by atoms with E-state index < -0.39 is 35.3 Å². The number of hydrogen-bond donors (Lipinski definition) is 1.